The van der Waals surface area contributed by atoms with Crippen LogP contribution in [0.2, 0.25) is 5.02 Å². The van der Waals surface area contributed by atoms with Gasteiger partial charge in [-0.3, -0.25) is 4.79 Å². The minimum Gasteiger partial charge on any atom is -0.348 e. The minimum absolute atomic E-state index is 0.0422. The van der Waals surface area contributed by atoms with E-state index in [0.717, 1.165) is 16.6 Å². The fraction of sp³-hybridized carbons (Fsp3) is 0.0667. The van der Waals surface area contributed by atoms with Crippen molar-refractivity contribution in [3.63, 3.8) is 0 Å². The number of rotatable bonds is 3. The van der Waals surface area contributed by atoms with Crippen molar-refractivity contribution in [3.8, 4) is 0 Å². The topological polar surface area (TPSA) is 57.8 Å². The Morgan fingerprint density at radius 1 is 1.29 bits per heavy atom. The summed E-state index contributed by atoms with van der Waals surface area (Å²) in [6.45, 7) is 0.278. The molecule has 0 spiro atoms. The first-order chi connectivity index (χ1) is 10.1. The fourth-order valence-electron chi connectivity index (χ4n) is 2.01. The molecule has 4 nitrogen and oxygen atoms in total. The third-order valence-electron chi connectivity index (χ3n) is 3.12. The van der Waals surface area contributed by atoms with E-state index in [9.17, 15) is 9.18 Å². The van der Waals surface area contributed by atoms with Crippen molar-refractivity contribution in [1.29, 1.82) is 0 Å². The molecule has 106 valence electrons. The number of carbonyl (C=O) groups excluding carboxylic acids is 1. The third kappa shape index (κ3) is 2.87. The first kappa shape index (κ1) is 13.6. The monoisotopic (exact) mass is 303 g/mol. The summed E-state index contributed by atoms with van der Waals surface area (Å²) in [6.07, 6.45) is 1.58. The zero-order valence-electron chi connectivity index (χ0n) is 10.9. The molecule has 1 amide bonds. The van der Waals surface area contributed by atoms with Gasteiger partial charge in [-0.05, 0) is 35.9 Å². The van der Waals surface area contributed by atoms with Crippen LogP contribution in [-0.4, -0.2) is 15.9 Å². The summed E-state index contributed by atoms with van der Waals surface area (Å²) in [5.41, 5.74) is 2.86. The van der Waals surface area contributed by atoms with Crippen LogP contribution in [0.5, 0.6) is 0 Å². The molecule has 0 saturated heterocycles. The van der Waals surface area contributed by atoms with Gasteiger partial charge in [0.15, 0.2) is 0 Å². The van der Waals surface area contributed by atoms with Crippen LogP contribution < -0.4 is 5.32 Å². The predicted octanol–water partition coefficient (Wildman–Crippen LogP) is 3.29. The van der Waals surface area contributed by atoms with Crippen LogP contribution in [0.15, 0.2) is 42.7 Å². The van der Waals surface area contributed by atoms with Gasteiger partial charge in [-0.25, -0.2) is 9.37 Å². The average Bonchev–Trinajstić information content (AvgIpc) is 2.95. The van der Waals surface area contributed by atoms with E-state index < -0.39 is 5.82 Å². The summed E-state index contributed by atoms with van der Waals surface area (Å²) in [5, 5.41) is 2.81. The number of amides is 1. The predicted molar refractivity (Wildman–Crippen MR) is 78.7 cm³/mol. The van der Waals surface area contributed by atoms with E-state index in [1.807, 2.05) is 0 Å². The number of imidazole rings is 1. The Morgan fingerprint density at radius 3 is 2.95 bits per heavy atom. The Kier molecular flexibility index (Phi) is 3.58. The largest absolute Gasteiger partial charge is 0.348 e. The molecule has 3 aromatic rings. The number of H-pyrrole nitrogens is 1. The molecular formula is C15H11ClFN3O. The van der Waals surface area contributed by atoms with Gasteiger partial charge in [-0.15, -0.1) is 0 Å². The SMILES string of the molecule is O=C(NCc1ccc(F)c(Cl)c1)c1ccc2nc[nH]c2c1. The van der Waals surface area contributed by atoms with E-state index >= 15 is 0 Å². The van der Waals surface area contributed by atoms with Gasteiger partial charge in [0, 0.05) is 12.1 Å². The summed E-state index contributed by atoms with van der Waals surface area (Å²) in [7, 11) is 0. The second kappa shape index (κ2) is 5.54. The molecule has 3 rings (SSSR count). The lowest BCUT2D eigenvalue weighted by Gasteiger charge is -2.06. The summed E-state index contributed by atoms with van der Waals surface area (Å²) < 4.78 is 13.1. The van der Waals surface area contributed by atoms with Crippen LogP contribution in [0.3, 0.4) is 0 Å². The summed E-state index contributed by atoms with van der Waals surface area (Å²) in [4.78, 5) is 19.1. The van der Waals surface area contributed by atoms with Crippen LogP contribution in [0.25, 0.3) is 11.0 Å². The van der Waals surface area contributed by atoms with Gasteiger partial charge in [-0.2, -0.15) is 0 Å². The molecule has 0 atom stereocenters. The molecule has 0 fully saturated rings. The number of aromatic nitrogens is 2. The van der Waals surface area contributed by atoms with Gasteiger partial charge >= 0.3 is 0 Å². The second-order valence-corrected chi connectivity index (χ2v) is 4.97. The molecule has 1 heterocycles. The van der Waals surface area contributed by atoms with Crippen LogP contribution in [-0.2, 0) is 6.54 Å². The number of nitrogens with one attached hydrogen (secondary N) is 2. The maximum absolute atomic E-state index is 13.1. The summed E-state index contributed by atoms with van der Waals surface area (Å²) in [6, 6.07) is 9.57. The first-order valence-corrected chi connectivity index (χ1v) is 6.66. The highest BCUT2D eigenvalue weighted by Crippen LogP contribution is 2.16. The molecule has 0 radical (unpaired) electrons. The van der Waals surface area contributed by atoms with E-state index in [0.29, 0.717) is 5.56 Å². The van der Waals surface area contributed by atoms with Crippen molar-refractivity contribution in [1.82, 2.24) is 15.3 Å². The maximum Gasteiger partial charge on any atom is 0.251 e. The lowest BCUT2D eigenvalue weighted by Crippen LogP contribution is -2.22. The number of aromatic amines is 1. The Morgan fingerprint density at radius 2 is 2.14 bits per heavy atom. The van der Waals surface area contributed by atoms with Crippen molar-refractivity contribution in [3.05, 3.63) is 64.7 Å². The van der Waals surface area contributed by atoms with E-state index in [4.69, 9.17) is 11.6 Å². The molecular weight excluding hydrogens is 293 g/mol. The van der Waals surface area contributed by atoms with E-state index in [-0.39, 0.29) is 17.5 Å². The highest BCUT2D eigenvalue weighted by atomic mass is 35.5. The van der Waals surface area contributed by atoms with Gasteiger partial charge in [0.25, 0.3) is 5.91 Å². The molecule has 2 N–H and O–H groups in total. The fourth-order valence-corrected chi connectivity index (χ4v) is 2.21. The number of nitrogens with zero attached hydrogens (tertiary/aromatic N) is 1. The van der Waals surface area contributed by atoms with Crippen LogP contribution >= 0.6 is 11.6 Å². The third-order valence-corrected chi connectivity index (χ3v) is 3.41. The maximum atomic E-state index is 13.1. The quantitative estimate of drug-likeness (QED) is 0.780. The molecule has 0 aliphatic carbocycles. The highest BCUT2D eigenvalue weighted by molar-refractivity contribution is 6.30. The molecule has 0 saturated carbocycles. The van der Waals surface area contributed by atoms with E-state index in [1.54, 1.807) is 30.6 Å². The molecule has 2 aromatic carbocycles. The van der Waals surface area contributed by atoms with Crippen LogP contribution in [0.4, 0.5) is 4.39 Å². The van der Waals surface area contributed by atoms with Crippen LogP contribution in [0, 0.1) is 5.82 Å². The van der Waals surface area contributed by atoms with Gasteiger partial charge in [0.05, 0.1) is 22.4 Å². The van der Waals surface area contributed by atoms with Crippen molar-refractivity contribution < 1.29 is 9.18 Å². The molecule has 0 aliphatic rings. The number of halogens is 2. The molecule has 0 unspecified atom stereocenters. The van der Waals surface area contributed by atoms with E-state index in [2.05, 4.69) is 15.3 Å². The molecule has 0 aliphatic heterocycles. The number of carbonyl (C=O) groups is 1. The van der Waals surface area contributed by atoms with Gasteiger partial charge < -0.3 is 10.3 Å². The van der Waals surface area contributed by atoms with Gasteiger partial charge in [-0.1, -0.05) is 17.7 Å². The van der Waals surface area contributed by atoms with E-state index in [1.165, 1.54) is 12.1 Å². The normalized spacial score (nSPS) is 10.8. The van der Waals surface area contributed by atoms with Crippen molar-refractivity contribution in [2.75, 3.05) is 0 Å². The lowest BCUT2D eigenvalue weighted by molar-refractivity contribution is 0.0951. The zero-order chi connectivity index (χ0) is 14.8. The first-order valence-electron chi connectivity index (χ1n) is 6.29. The number of fused-ring (bicyclic) bond motifs is 1. The van der Waals surface area contributed by atoms with Crippen molar-refractivity contribution >= 4 is 28.5 Å². The zero-order valence-corrected chi connectivity index (χ0v) is 11.6. The molecule has 21 heavy (non-hydrogen) atoms. The molecule has 1 aromatic heterocycles. The van der Waals surface area contributed by atoms with Gasteiger partial charge in [0.2, 0.25) is 0 Å². The standard InChI is InChI=1S/C15H11ClFN3O/c16-11-5-9(1-3-12(11)17)7-18-15(21)10-2-4-13-14(6-10)20-8-19-13/h1-6,8H,7H2,(H,18,21)(H,19,20). The molecule has 0 bridgehead atoms. The smallest absolute Gasteiger partial charge is 0.251 e. The Balaban J connectivity index is 1.72. The summed E-state index contributed by atoms with van der Waals surface area (Å²) in [5.74, 6) is -0.691. The second-order valence-electron chi connectivity index (χ2n) is 4.57. The van der Waals surface area contributed by atoms with Crippen molar-refractivity contribution in [2.24, 2.45) is 0 Å². The minimum atomic E-state index is -0.476. The van der Waals surface area contributed by atoms with Gasteiger partial charge in [0.1, 0.15) is 5.82 Å². The summed E-state index contributed by atoms with van der Waals surface area (Å²) >= 11 is 5.70. The average molecular weight is 304 g/mol. The Bertz CT molecular complexity index is 816. The van der Waals surface area contributed by atoms with Crippen molar-refractivity contribution in [2.45, 2.75) is 6.54 Å². The molecule has 6 heteroatoms. The number of hydrogen-bond donors (Lipinski definition) is 2. The Hall–Kier alpha value is -2.40. The highest BCUT2D eigenvalue weighted by Gasteiger charge is 2.08. The lowest BCUT2D eigenvalue weighted by atomic mass is 10.1. The number of hydrogen-bond acceptors (Lipinski definition) is 2. The van der Waals surface area contributed by atoms with Crippen LogP contribution in [0.1, 0.15) is 15.9 Å². The Labute approximate surface area is 125 Å². The number of benzene rings is 2.